The second kappa shape index (κ2) is 7.15. The van der Waals surface area contributed by atoms with Gasteiger partial charge in [0.2, 0.25) is 0 Å². The Morgan fingerprint density at radius 1 is 1.10 bits per heavy atom. The summed E-state index contributed by atoms with van der Waals surface area (Å²) in [6, 6.07) is 8.43. The molecule has 2 aliphatic rings. The van der Waals surface area contributed by atoms with E-state index >= 15 is 0 Å². The van der Waals surface area contributed by atoms with Gasteiger partial charge in [0.05, 0.1) is 17.3 Å². The molecule has 29 heavy (non-hydrogen) atoms. The van der Waals surface area contributed by atoms with Crippen LogP contribution in [0.15, 0.2) is 42.6 Å². The number of anilines is 3. The highest BCUT2D eigenvalue weighted by Gasteiger charge is 2.39. The summed E-state index contributed by atoms with van der Waals surface area (Å²) >= 11 is 0. The first-order valence-corrected chi connectivity index (χ1v) is 10.5. The van der Waals surface area contributed by atoms with Crippen molar-refractivity contribution in [2.45, 2.75) is 12.2 Å². The standard InChI is InChI=1S/C18H20F3N5O2S/c1-22-29(27,28)24-9-10-25-15(11-24)12-26(16-3-2-8-23-17(16)25)14-6-4-13(5-7-14)18(19,20)21/h2-8,15,22H,9-12H2,1H3/t15-/m1/s1. The summed E-state index contributed by atoms with van der Waals surface area (Å²) in [6.45, 7) is 1.50. The topological polar surface area (TPSA) is 68.8 Å². The maximum atomic E-state index is 12.9. The molecule has 1 aromatic heterocycles. The van der Waals surface area contributed by atoms with Crippen LogP contribution in [0, 0.1) is 0 Å². The first-order chi connectivity index (χ1) is 13.7. The van der Waals surface area contributed by atoms with Crippen molar-refractivity contribution in [3.05, 3.63) is 48.2 Å². The summed E-state index contributed by atoms with van der Waals surface area (Å²) in [5.41, 5.74) is 0.671. The second-order valence-corrected chi connectivity index (χ2v) is 8.79. The zero-order valence-electron chi connectivity index (χ0n) is 15.6. The molecule has 3 heterocycles. The van der Waals surface area contributed by atoms with E-state index in [1.165, 1.54) is 23.5 Å². The average Bonchev–Trinajstić information content (AvgIpc) is 2.72. The highest BCUT2D eigenvalue weighted by Crippen LogP contribution is 2.40. The number of aromatic nitrogens is 1. The Kier molecular flexibility index (Phi) is 4.91. The van der Waals surface area contributed by atoms with Crippen LogP contribution in [0.25, 0.3) is 0 Å². The van der Waals surface area contributed by atoms with Crippen molar-refractivity contribution < 1.29 is 21.6 Å². The van der Waals surface area contributed by atoms with Gasteiger partial charge in [-0.15, -0.1) is 0 Å². The van der Waals surface area contributed by atoms with E-state index in [9.17, 15) is 21.6 Å². The third-order valence-corrected chi connectivity index (χ3v) is 6.80. The van der Waals surface area contributed by atoms with Crippen molar-refractivity contribution >= 4 is 27.4 Å². The molecule has 1 atom stereocenters. The fraction of sp³-hybridized carbons (Fsp3) is 0.389. The number of benzene rings is 1. The SMILES string of the molecule is CNS(=O)(=O)N1CCN2c3ncccc3N(c3ccc(C(F)(F)F)cc3)C[C@H]2C1. The number of rotatable bonds is 3. The largest absolute Gasteiger partial charge is 0.416 e. The third kappa shape index (κ3) is 3.65. The molecule has 1 fully saturated rings. The van der Waals surface area contributed by atoms with Gasteiger partial charge in [0.25, 0.3) is 10.2 Å². The molecule has 0 aliphatic carbocycles. The Bertz CT molecular complexity index is 997. The summed E-state index contributed by atoms with van der Waals surface area (Å²) in [4.78, 5) is 8.42. The minimum Gasteiger partial charge on any atom is -0.347 e. The van der Waals surface area contributed by atoms with Gasteiger partial charge in [-0.05, 0) is 36.4 Å². The third-order valence-electron chi connectivity index (χ3n) is 5.27. The molecule has 0 saturated carbocycles. The second-order valence-electron chi connectivity index (χ2n) is 6.92. The lowest BCUT2D eigenvalue weighted by molar-refractivity contribution is -0.137. The van der Waals surface area contributed by atoms with Crippen LogP contribution >= 0.6 is 0 Å². The molecular formula is C18H20F3N5O2S. The molecule has 156 valence electrons. The maximum Gasteiger partial charge on any atom is 0.416 e. The minimum atomic E-state index is -4.40. The van der Waals surface area contributed by atoms with Gasteiger partial charge in [0.15, 0.2) is 5.82 Å². The Morgan fingerprint density at radius 2 is 1.83 bits per heavy atom. The van der Waals surface area contributed by atoms with Gasteiger partial charge >= 0.3 is 6.18 Å². The molecule has 0 radical (unpaired) electrons. The normalized spacial score (nSPS) is 20.3. The fourth-order valence-electron chi connectivity index (χ4n) is 3.81. The van der Waals surface area contributed by atoms with Gasteiger partial charge in [-0.25, -0.2) is 9.71 Å². The van der Waals surface area contributed by atoms with E-state index in [0.29, 0.717) is 31.1 Å². The van der Waals surface area contributed by atoms with Crippen LogP contribution in [-0.2, 0) is 16.4 Å². The number of halogens is 3. The summed E-state index contributed by atoms with van der Waals surface area (Å²) in [5.74, 6) is 0.699. The van der Waals surface area contributed by atoms with Crippen molar-refractivity contribution in [1.82, 2.24) is 14.0 Å². The van der Waals surface area contributed by atoms with Crippen LogP contribution in [0.4, 0.5) is 30.4 Å². The number of nitrogens with one attached hydrogen (secondary N) is 1. The van der Waals surface area contributed by atoms with Crippen LogP contribution in [-0.4, -0.2) is 57.0 Å². The Morgan fingerprint density at radius 3 is 2.48 bits per heavy atom. The van der Waals surface area contributed by atoms with Gasteiger partial charge in [-0.3, -0.25) is 0 Å². The van der Waals surface area contributed by atoms with E-state index in [4.69, 9.17) is 0 Å². The van der Waals surface area contributed by atoms with Gasteiger partial charge in [0.1, 0.15) is 0 Å². The highest BCUT2D eigenvalue weighted by atomic mass is 32.2. The van der Waals surface area contributed by atoms with E-state index in [0.717, 1.165) is 17.8 Å². The summed E-state index contributed by atoms with van der Waals surface area (Å²) in [7, 11) is -2.19. The lowest BCUT2D eigenvalue weighted by Gasteiger charge is -2.48. The van der Waals surface area contributed by atoms with Crippen molar-refractivity contribution in [2.75, 3.05) is 43.0 Å². The first kappa shape index (κ1) is 19.9. The zero-order valence-corrected chi connectivity index (χ0v) is 16.4. The minimum absolute atomic E-state index is 0.184. The van der Waals surface area contributed by atoms with Gasteiger partial charge < -0.3 is 9.80 Å². The average molecular weight is 427 g/mol. The van der Waals surface area contributed by atoms with E-state index in [2.05, 4.69) is 14.6 Å². The Labute approximate surface area is 166 Å². The monoisotopic (exact) mass is 427 g/mol. The summed E-state index contributed by atoms with van der Waals surface area (Å²) in [5, 5.41) is 0. The van der Waals surface area contributed by atoms with E-state index < -0.39 is 21.9 Å². The molecule has 11 heteroatoms. The Balaban J connectivity index is 1.69. The van der Waals surface area contributed by atoms with Crippen LogP contribution < -0.4 is 14.5 Å². The van der Waals surface area contributed by atoms with E-state index in [1.54, 1.807) is 12.3 Å². The predicted octanol–water partition coefficient (Wildman–Crippen LogP) is 2.21. The smallest absolute Gasteiger partial charge is 0.347 e. The predicted molar refractivity (Wildman–Crippen MR) is 103 cm³/mol. The quantitative estimate of drug-likeness (QED) is 0.814. The molecule has 0 unspecified atom stereocenters. The van der Waals surface area contributed by atoms with Crippen LogP contribution in [0.5, 0.6) is 0 Å². The molecule has 2 aliphatic heterocycles. The highest BCUT2D eigenvalue weighted by molar-refractivity contribution is 7.87. The molecular weight excluding hydrogens is 407 g/mol. The number of pyridine rings is 1. The molecule has 1 saturated heterocycles. The van der Waals surface area contributed by atoms with Crippen LogP contribution in [0.2, 0.25) is 0 Å². The molecule has 7 nitrogen and oxygen atoms in total. The number of alkyl halides is 3. The fourth-order valence-corrected chi connectivity index (χ4v) is 4.76. The van der Waals surface area contributed by atoms with Gasteiger partial charge in [0, 0.05) is 45.1 Å². The van der Waals surface area contributed by atoms with Crippen molar-refractivity contribution in [3.8, 4) is 0 Å². The number of nitrogens with zero attached hydrogens (tertiary/aromatic N) is 4. The molecule has 0 bridgehead atoms. The van der Waals surface area contributed by atoms with Crippen molar-refractivity contribution in [3.63, 3.8) is 0 Å². The zero-order chi connectivity index (χ0) is 20.8. The first-order valence-electron chi connectivity index (χ1n) is 9.06. The number of piperazine rings is 1. The molecule has 1 aromatic carbocycles. The lowest BCUT2D eigenvalue weighted by atomic mass is 10.1. The van der Waals surface area contributed by atoms with Crippen LogP contribution in [0.1, 0.15) is 5.56 Å². The van der Waals surface area contributed by atoms with Crippen molar-refractivity contribution in [1.29, 1.82) is 0 Å². The Hall–Kier alpha value is -2.37. The molecule has 2 aromatic rings. The van der Waals surface area contributed by atoms with Crippen molar-refractivity contribution in [2.24, 2.45) is 0 Å². The van der Waals surface area contributed by atoms with Gasteiger partial charge in [-0.2, -0.15) is 25.9 Å². The molecule has 4 rings (SSSR count). The number of hydrogen-bond donors (Lipinski definition) is 1. The van der Waals surface area contributed by atoms with Crippen LogP contribution in [0.3, 0.4) is 0 Å². The molecule has 1 N–H and O–H groups in total. The maximum absolute atomic E-state index is 12.9. The number of hydrogen-bond acceptors (Lipinski definition) is 5. The molecule has 0 amide bonds. The van der Waals surface area contributed by atoms with E-state index in [-0.39, 0.29) is 12.6 Å². The van der Waals surface area contributed by atoms with E-state index in [1.807, 2.05) is 11.0 Å². The summed E-state index contributed by atoms with van der Waals surface area (Å²) < 4.78 is 66.9. The lowest BCUT2D eigenvalue weighted by Crippen LogP contribution is -2.61. The number of fused-ring (bicyclic) bond motifs is 3. The summed E-state index contributed by atoms with van der Waals surface area (Å²) in [6.07, 6.45) is -2.75. The van der Waals surface area contributed by atoms with Gasteiger partial charge in [-0.1, -0.05) is 0 Å². The molecule has 0 spiro atoms.